The van der Waals surface area contributed by atoms with E-state index in [1.165, 1.54) is 17.0 Å². The third-order valence-corrected chi connectivity index (χ3v) is 5.58. The minimum absolute atomic E-state index is 0.0117. The number of carbonyl (C=O) groups is 1. The van der Waals surface area contributed by atoms with Crippen LogP contribution in [0.2, 0.25) is 0 Å². The Kier molecular flexibility index (Phi) is 9.03. The molecule has 0 fully saturated rings. The first kappa shape index (κ1) is 27.5. The molecule has 2 heterocycles. The molecule has 0 unspecified atom stereocenters. The lowest BCUT2D eigenvalue weighted by molar-refractivity contribution is -0.138. The van der Waals surface area contributed by atoms with E-state index in [1.807, 2.05) is 0 Å². The SMILES string of the molecule is CCCCCCCCOc1ccc(-c2noc([C@@H]3C=CCN3C(=O)OC(C)(C)C)n2)cc1C(F)(F)F. The second-order valence-corrected chi connectivity index (χ2v) is 9.79. The van der Waals surface area contributed by atoms with Crippen LogP contribution in [0.25, 0.3) is 11.4 Å². The normalized spacial score (nSPS) is 16.0. The largest absolute Gasteiger partial charge is 0.493 e. The average Bonchev–Trinajstić information content (AvgIpc) is 3.46. The summed E-state index contributed by atoms with van der Waals surface area (Å²) in [5.41, 5.74) is -1.44. The summed E-state index contributed by atoms with van der Waals surface area (Å²) in [5.74, 6) is -0.151. The van der Waals surface area contributed by atoms with Crippen LogP contribution in [-0.2, 0) is 10.9 Å². The molecule has 36 heavy (non-hydrogen) atoms. The molecule has 0 spiro atoms. The van der Waals surface area contributed by atoms with Crippen LogP contribution in [0.3, 0.4) is 0 Å². The molecule has 0 saturated heterocycles. The second-order valence-electron chi connectivity index (χ2n) is 9.79. The lowest BCUT2D eigenvalue weighted by atomic mass is 10.1. The Balaban J connectivity index is 1.72. The van der Waals surface area contributed by atoms with Crippen LogP contribution < -0.4 is 4.74 Å². The van der Waals surface area contributed by atoms with E-state index in [-0.39, 0.29) is 29.6 Å². The zero-order valence-corrected chi connectivity index (χ0v) is 21.2. The van der Waals surface area contributed by atoms with E-state index in [0.717, 1.165) is 38.2 Å². The van der Waals surface area contributed by atoms with Crippen molar-refractivity contribution in [3.8, 4) is 17.1 Å². The molecule has 0 radical (unpaired) electrons. The summed E-state index contributed by atoms with van der Waals surface area (Å²) in [6.45, 7) is 7.91. The van der Waals surface area contributed by atoms with Crippen molar-refractivity contribution in [1.29, 1.82) is 0 Å². The van der Waals surface area contributed by atoms with Crippen molar-refractivity contribution in [1.82, 2.24) is 15.0 Å². The molecule has 0 aliphatic carbocycles. The fourth-order valence-electron chi connectivity index (χ4n) is 3.80. The molecule has 1 aromatic carbocycles. The lowest BCUT2D eigenvalue weighted by Crippen LogP contribution is -2.36. The molecule has 0 bridgehead atoms. The quantitative estimate of drug-likeness (QED) is 0.246. The number of ether oxygens (including phenoxy) is 2. The van der Waals surface area contributed by atoms with Crippen molar-refractivity contribution in [2.75, 3.05) is 13.2 Å². The van der Waals surface area contributed by atoms with Crippen molar-refractivity contribution in [3.05, 3.63) is 41.8 Å². The average molecular weight is 510 g/mol. The molecular formula is C26H34F3N3O4. The van der Waals surface area contributed by atoms with Gasteiger partial charge in [0.1, 0.15) is 17.4 Å². The van der Waals surface area contributed by atoms with Gasteiger partial charge in [0.25, 0.3) is 5.89 Å². The Hall–Kier alpha value is -3.04. The molecule has 7 nitrogen and oxygen atoms in total. The first-order chi connectivity index (χ1) is 17.0. The highest BCUT2D eigenvalue weighted by Gasteiger charge is 2.36. The number of amides is 1. The smallest absolute Gasteiger partial charge is 0.419 e. The fourth-order valence-corrected chi connectivity index (χ4v) is 3.80. The van der Waals surface area contributed by atoms with E-state index >= 15 is 0 Å². The highest BCUT2D eigenvalue weighted by molar-refractivity contribution is 5.70. The number of unbranched alkanes of at least 4 members (excludes halogenated alkanes) is 5. The van der Waals surface area contributed by atoms with E-state index in [1.54, 1.807) is 32.9 Å². The zero-order chi connectivity index (χ0) is 26.3. The number of alkyl halides is 3. The highest BCUT2D eigenvalue weighted by atomic mass is 19.4. The van der Waals surface area contributed by atoms with Gasteiger partial charge in [-0.25, -0.2) is 4.79 Å². The van der Waals surface area contributed by atoms with Gasteiger partial charge < -0.3 is 14.0 Å². The molecule has 3 rings (SSSR count). The molecule has 0 saturated carbocycles. The first-order valence-electron chi connectivity index (χ1n) is 12.3. The predicted octanol–water partition coefficient (Wildman–Crippen LogP) is 7.34. The molecule has 1 aliphatic heterocycles. The Morgan fingerprint density at radius 2 is 1.86 bits per heavy atom. The minimum Gasteiger partial charge on any atom is -0.493 e. The van der Waals surface area contributed by atoms with E-state index in [4.69, 9.17) is 14.0 Å². The number of aromatic nitrogens is 2. The van der Waals surface area contributed by atoms with Gasteiger partial charge in [-0.3, -0.25) is 4.90 Å². The summed E-state index contributed by atoms with van der Waals surface area (Å²) in [7, 11) is 0. The molecule has 1 amide bonds. The topological polar surface area (TPSA) is 77.7 Å². The lowest BCUT2D eigenvalue weighted by Gasteiger charge is -2.26. The Morgan fingerprint density at radius 1 is 1.14 bits per heavy atom. The summed E-state index contributed by atoms with van der Waals surface area (Å²) in [5, 5.41) is 3.86. The van der Waals surface area contributed by atoms with Gasteiger partial charge in [0, 0.05) is 12.1 Å². The van der Waals surface area contributed by atoms with Crippen LogP contribution in [-0.4, -0.2) is 39.9 Å². The fraction of sp³-hybridized carbons (Fsp3) is 0.577. The maximum atomic E-state index is 13.8. The van der Waals surface area contributed by atoms with Crippen molar-refractivity contribution >= 4 is 6.09 Å². The van der Waals surface area contributed by atoms with Crippen LogP contribution in [0.4, 0.5) is 18.0 Å². The summed E-state index contributed by atoms with van der Waals surface area (Å²) >= 11 is 0. The molecule has 2 aromatic rings. The molecule has 10 heteroatoms. The summed E-state index contributed by atoms with van der Waals surface area (Å²) in [6, 6.07) is 3.05. The third-order valence-electron chi connectivity index (χ3n) is 5.58. The third kappa shape index (κ3) is 7.48. The van der Waals surface area contributed by atoms with Crippen molar-refractivity contribution in [2.24, 2.45) is 0 Å². The number of rotatable bonds is 10. The van der Waals surface area contributed by atoms with Crippen LogP contribution >= 0.6 is 0 Å². The van der Waals surface area contributed by atoms with Gasteiger partial charge >= 0.3 is 12.3 Å². The number of hydrogen-bond acceptors (Lipinski definition) is 6. The van der Waals surface area contributed by atoms with E-state index in [0.29, 0.717) is 13.0 Å². The van der Waals surface area contributed by atoms with Crippen LogP contribution in [0.5, 0.6) is 5.75 Å². The van der Waals surface area contributed by atoms with Crippen molar-refractivity contribution in [2.45, 2.75) is 84.0 Å². The Labute approximate surface area is 209 Å². The van der Waals surface area contributed by atoms with E-state index in [2.05, 4.69) is 17.1 Å². The van der Waals surface area contributed by atoms with E-state index < -0.39 is 29.5 Å². The molecular weight excluding hydrogens is 475 g/mol. The monoisotopic (exact) mass is 509 g/mol. The predicted molar refractivity (Wildman–Crippen MR) is 128 cm³/mol. The molecule has 1 atom stereocenters. The van der Waals surface area contributed by atoms with Crippen LogP contribution in [0.15, 0.2) is 34.9 Å². The van der Waals surface area contributed by atoms with Gasteiger partial charge in [-0.1, -0.05) is 56.3 Å². The molecule has 1 aromatic heterocycles. The minimum atomic E-state index is -4.61. The van der Waals surface area contributed by atoms with Gasteiger partial charge in [-0.05, 0) is 45.4 Å². The summed E-state index contributed by atoms with van der Waals surface area (Å²) in [4.78, 5) is 18.2. The van der Waals surface area contributed by atoms with Gasteiger partial charge in [0.15, 0.2) is 0 Å². The van der Waals surface area contributed by atoms with Gasteiger partial charge in [0.05, 0.1) is 12.2 Å². The van der Waals surface area contributed by atoms with Crippen molar-refractivity contribution < 1.29 is 32.0 Å². The Morgan fingerprint density at radius 3 is 2.56 bits per heavy atom. The van der Waals surface area contributed by atoms with E-state index in [9.17, 15) is 18.0 Å². The standard InChI is InChI=1S/C26H34F3N3O4/c1-5-6-7-8-9-10-16-34-21-14-13-18(17-19(21)26(27,28)29)22-30-23(36-31-22)20-12-11-15-32(20)24(33)35-25(2,3)4/h11-14,17,20H,5-10,15-16H2,1-4H3/t20-/m0/s1. The maximum Gasteiger partial charge on any atom is 0.419 e. The highest BCUT2D eigenvalue weighted by Crippen LogP contribution is 2.39. The van der Waals surface area contributed by atoms with Gasteiger partial charge in [0.2, 0.25) is 5.82 Å². The number of nitrogens with zero attached hydrogens (tertiary/aromatic N) is 3. The number of carbonyl (C=O) groups excluding carboxylic acids is 1. The first-order valence-corrected chi connectivity index (χ1v) is 12.3. The number of halogens is 3. The summed E-state index contributed by atoms with van der Waals surface area (Å²) in [6.07, 6.45) is 4.39. The van der Waals surface area contributed by atoms with Gasteiger partial charge in [-0.2, -0.15) is 18.2 Å². The molecule has 198 valence electrons. The number of benzene rings is 1. The van der Waals surface area contributed by atoms with Crippen LogP contribution in [0.1, 0.15) is 83.7 Å². The zero-order valence-electron chi connectivity index (χ0n) is 21.2. The molecule has 1 aliphatic rings. The number of hydrogen-bond donors (Lipinski definition) is 0. The maximum absolute atomic E-state index is 13.8. The van der Waals surface area contributed by atoms with Gasteiger partial charge in [-0.15, -0.1) is 0 Å². The second kappa shape index (κ2) is 11.8. The van der Waals surface area contributed by atoms with Crippen molar-refractivity contribution in [3.63, 3.8) is 0 Å². The molecule has 0 N–H and O–H groups in total. The Bertz CT molecular complexity index is 1040. The van der Waals surface area contributed by atoms with Crippen LogP contribution in [0, 0.1) is 0 Å². The summed E-state index contributed by atoms with van der Waals surface area (Å²) < 4.78 is 57.5.